The molecule has 1 aromatic rings. The number of hydrogen-bond acceptors (Lipinski definition) is 5. The van der Waals surface area contributed by atoms with Gasteiger partial charge in [-0.05, 0) is 56.4 Å². The van der Waals surface area contributed by atoms with Crippen LogP contribution >= 0.6 is 0 Å². The van der Waals surface area contributed by atoms with Gasteiger partial charge in [-0.15, -0.1) is 0 Å². The summed E-state index contributed by atoms with van der Waals surface area (Å²) < 4.78 is 17.3. The molecule has 3 rings (SSSR count). The van der Waals surface area contributed by atoms with Crippen LogP contribution in [0.15, 0.2) is 12.1 Å². The molecule has 2 fully saturated rings. The van der Waals surface area contributed by atoms with Gasteiger partial charge in [0.05, 0.1) is 20.3 Å². The Hall–Kier alpha value is -1.79. The highest BCUT2D eigenvalue weighted by Crippen LogP contribution is 2.33. The summed E-state index contributed by atoms with van der Waals surface area (Å²) in [5, 5.41) is 0. The van der Waals surface area contributed by atoms with Crippen molar-refractivity contribution < 1.29 is 19.0 Å². The molecule has 6 heteroatoms. The van der Waals surface area contributed by atoms with E-state index in [1.54, 1.807) is 7.11 Å². The first kappa shape index (κ1) is 20.0. The minimum absolute atomic E-state index is 0.131. The second-order valence-electron chi connectivity index (χ2n) is 7.60. The van der Waals surface area contributed by atoms with Gasteiger partial charge < -0.3 is 19.1 Å². The fourth-order valence-electron chi connectivity index (χ4n) is 4.13. The van der Waals surface area contributed by atoms with Crippen LogP contribution in [-0.4, -0.2) is 68.3 Å². The van der Waals surface area contributed by atoms with Gasteiger partial charge in [-0.25, -0.2) is 0 Å². The van der Waals surface area contributed by atoms with Gasteiger partial charge >= 0.3 is 0 Å². The van der Waals surface area contributed by atoms with E-state index >= 15 is 0 Å². The zero-order chi connectivity index (χ0) is 19.4. The van der Waals surface area contributed by atoms with Crippen molar-refractivity contribution in [1.29, 1.82) is 0 Å². The van der Waals surface area contributed by atoms with E-state index < -0.39 is 5.60 Å². The Morgan fingerprint density at radius 3 is 2.78 bits per heavy atom. The van der Waals surface area contributed by atoms with Crippen molar-refractivity contribution in [3.05, 3.63) is 23.3 Å². The number of aryl methyl sites for hydroxylation is 1. The normalized spacial score (nSPS) is 24.1. The van der Waals surface area contributed by atoms with Crippen LogP contribution < -0.4 is 9.47 Å². The third-order valence-corrected chi connectivity index (χ3v) is 5.64. The smallest absolute Gasteiger partial charge is 0.255 e. The fourth-order valence-corrected chi connectivity index (χ4v) is 4.13. The number of benzene rings is 1. The van der Waals surface area contributed by atoms with Gasteiger partial charge in [-0.1, -0.05) is 0 Å². The third kappa shape index (κ3) is 4.22. The van der Waals surface area contributed by atoms with E-state index in [0.29, 0.717) is 19.8 Å². The van der Waals surface area contributed by atoms with Crippen molar-refractivity contribution in [1.82, 2.24) is 9.80 Å². The van der Waals surface area contributed by atoms with Crippen molar-refractivity contribution in [2.45, 2.75) is 45.3 Å². The number of likely N-dealkylation sites (tertiary alicyclic amines) is 1. The highest BCUT2D eigenvalue weighted by Gasteiger charge is 2.45. The van der Waals surface area contributed by atoms with Crippen LogP contribution in [0.4, 0.5) is 0 Å². The maximum Gasteiger partial charge on any atom is 0.255 e. The Balaban J connectivity index is 1.79. The molecule has 2 saturated heterocycles. The average Bonchev–Trinajstić information content (AvgIpc) is 2.79. The van der Waals surface area contributed by atoms with Crippen LogP contribution in [0.1, 0.15) is 37.3 Å². The summed E-state index contributed by atoms with van der Waals surface area (Å²) in [4.78, 5) is 17.1. The van der Waals surface area contributed by atoms with Crippen LogP contribution in [-0.2, 0) is 16.1 Å². The quantitative estimate of drug-likeness (QED) is 0.791. The van der Waals surface area contributed by atoms with Crippen molar-refractivity contribution in [3.8, 4) is 11.5 Å². The lowest BCUT2D eigenvalue weighted by atomic mass is 9.93. The predicted octanol–water partition coefficient (Wildman–Crippen LogP) is 2.62. The first-order valence-corrected chi connectivity index (χ1v) is 9.91. The van der Waals surface area contributed by atoms with E-state index in [4.69, 9.17) is 14.2 Å². The van der Waals surface area contributed by atoms with Gasteiger partial charge in [-0.3, -0.25) is 9.69 Å². The molecule has 2 aliphatic heterocycles. The molecule has 0 saturated carbocycles. The third-order valence-electron chi connectivity index (χ3n) is 5.64. The second-order valence-corrected chi connectivity index (χ2v) is 7.60. The molecular weight excluding hydrogens is 344 g/mol. The van der Waals surface area contributed by atoms with Crippen molar-refractivity contribution in [2.75, 3.05) is 47.0 Å². The standard InChI is InChI=1S/C21H32N2O4/c1-5-26-19-13-17(16(2)12-18(19)25-4)14-23-10-11-27-21(15-23)8-6-7-9-22(3)20(21)24/h12-13H,5-11,14-15H2,1-4H3. The van der Waals surface area contributed by atoms with Crippen molar-refractivity contribution in [2.24, 2.45) is 0 Å². The van der Waals surface area contributed by atoms with E-state index in [0.717, 1.165) is 50.4 Å². The molecule has 2 heterocycles. The van der Waals surface area contributed by atoms with Crippen LogP contribution in [0.25, 0.3) is 0 Å². The minimum atomic E-state index is -0.688. The first-order valence-electron chi connectivity index (χ1n) is 9.91. The lowest BCUT2D eigenvalue weighted by molar-refractivity contribution is -0.169. The summed E-state index contributed by atoms with van der Waals surface area (Å²) in [6.07, 6.45) is 2.88. The number of nitrogens with zero attached hydrogens (tertiary/aromatic N) is 2. The Labute approximate surface area is 162 Å². The topological polar surface area (TPSA) is 51.2 Å². The summed E-state index contributed by atoms with van der Waals surface area (Å²) in [5.74, 6) is 1.66. The number of rotatable bonds is 5. The minimum Gasteiger partial charge on any atom is -0.493 e. The highest BCUT2D eigenvalue weighted by molar-refractivity contribution is 5.85. The molecule has 0 N–H and O–H groups in total. The summed E-state index contributed by atoms with van der Waals surface area (Å²) in [7, 11) is 3.55. The SMILES string of the molecule is CCOc1cc(CN2CCOC3(CCCCN(C)C3=O)C2)c(C)cc1OC. The Kier molecular flexibility index (Phi) is 6.27. The van der Waals surface area contributed by atoms with Crippen LogP contribution in [0.5, 0.6) is 11.5 Å². The number of carbonyl (C=O) groups excluding carboxylic acids is 1. The van der Waals surface area contributed by atoms with Crippen LogP contribution in [0.3, 0.4) is 0 Å². The van der Waals surface area contributed by atoms with Crippen LogP contribution in [0, 0.1) is 6.92 Å². The molecule has 0 aromatic heterocycles. The summed E-state index contributed by atoms with van der Waals surface area (Å²) in [6.45, 7) is 8.32. The molecule has 150 valence electrons. The molecule has 0 aliphatic carbocycles. The molecule has 0 bridgehead atoms. The molecule has 1 spiro atoms. The van der Waals surface area contributed by atoms with E-state index in [9.17, 15) is 4.79 Å². The molecule has 2 aliphatic rings. The molecule has 1 aromatic carbocycles. The Bertz CT molecular complexity index is 678. The number of amides is 1. The van der Waals surface area contributed by atoms with E-state index in [-0.39, 0.29) is 5.91 Å². The van der Waals surface area contributed by atoms with E-state index in [1.807, 2.05) is 24.9 Å². The van der Waals surface area contributed by atoms with E-state index in [1.165, 1.54) is 11.1 Å². The van der Waals surface area contributed by atoms with Gasteiger partial charge in [0.15, 0.2) is 17.1 Å². The molecule has 1 unspecified atom stereocenters. The average molecular weight is 376 g/mol. The largest absolute Gasteiger partial charge is 0.493 e. The van der Waals surface area contributed by atoms with Crippen molar-refractivity contribution in [3.63, 3.8) is 0 Å². The molecule has 6 nitrogen and oxygen atoms in total. The van der Waals surface area contributed by atoms with Crippen LogP contribution in [0.2, 0.25) is 0 Å². The molecule has 1 atom stereocenters. The lowest BCUT2D eigenvalue weighted by Crippen LogP contribution is -2.59. The van der Waals surface area contributed by atoms with Crippen molar-refractivity contribution >= 4 is 5.91 Å². The molecular formula is C21H32N2O4. The predicted molar refractivity (Wildman–Crippen MR) is 104 cm³/mol. The Morgan fingerprint density at radius 2 is 2.04 bits per heavy atom. The fraction of sp³-hybridized carbons (Fsp3) is 0.667. The number of hydrogen-bond donors (Lipinski definition) is 0. The molecule has 0 radical (unpaired) electrons. The number of morpholine rings is 1. The second kappa shape index (κ2) is 8.48. The number of likely N-dealkylation sites (N-methyl/N-ethyl adjacent to an activating group) is 1. The van der Waals surface area contributed by atoms with Gasteiger partial charge in [-0.2, -0.15) is 0 Å². The highest BCUT2D eigenvalue weighted by atomic mass is 16.5. The zero-order valence-electron chi connectivity index (χ0n) is 17.0. The number of ether oxygens (including phenoxy) is 3. The monoisotopic (exact) mass is 376 g/mol. The first-order chi connectivity index (χ1) is 13.0. The number of methoxy groups -OCH3 is 1. The van der Waals surface area contributed by atoms with Gasteiger partial charge in [0.25, 0.3) is 5.91 Å². The van der Waals surface area contributed by atoms with E-state index in [2.05, 4.69) is 17.9 Å². The lowest BCUT2D eigenvalue weighted by Gasteiger charge is -2.42. The Morgan fingerprint density at radius 1 is 1.22 bits per heavy atom. The maximum absolute atomic E-state index is 12.9. The van der Waals surface area contributed by atoms with Gasteiger partial charge in [0.2, 0.25) is 0 Å². The molecule has 1 amide bonds. The summed E-state index contributed by atoms with van der Waals surface area (Å²) >= 11 is 0. The maximum atomic E-state index is 12.9. The van der Waals surface area contributed by atoms with Gasteiger partial charge in [0, 0.05) is 33.2 Å². The summed E-state index contributed by atoms with van der Waals surface area (Å²) in [6, 6.07) is 4.10. The zero-order valence-corrected chi connectivity index (χ0v) is 17.0. The number of carbonyl (C=O) groups is 1. The summed E-state index contributed by atoms with van der Waals surface area (Å²) in [5.41, 5.74) is 1.68. The van der Waals surface area contributed by atoms with Gasteiger partial charge in [0.1, 0.15) is 0 Å². The molecule has 27 heavy (non-hydrogen) atoms.